The number of furan rings is 1. The van der Waals surface area contributed by atoms with E-state index in [0.29, 0.717) is 49.2 Å². The second kappa shape index (κ2) is 7.60. The fraction of sp³-hybridized carbons (Fsp3) is 0.250. The van der Waals surface area contributed by atoms with E-state index in [4.69, 9.17) is 26.5 Å². The standard InChI is InChI=1S/C20H20ClN3O3/c21-18-11-14(9-15-10-17(12-22)27-19(15)18)13-1-3-16(4-2-13)23-20(25)24-5-7-26-8-6-24/h1-4,9-11H,5-8,12,22H2,(H,23,25). The molecule has 1 saturated heterocycles. The molecule has 4 rings (SSSR count). The minimum Gasteiger partial charge on any atom is -0.458 e. The number of urea groups is 1. The molecule has 0 saturated carbocycles. The molecular weight excluding hydrogens is 366 g/mol. The Morgan fingerprint density at radius 2 is 1.85 bits per heavy atom. The van der Waals surface area contributed by atoms with Gasteiger partial charge < -0.3 is 25.1 Å². The topological polar surface area (TPSA) is 80.7 Å². The third kappa shape index (κ3) is 3.78. The molecule has 1 fully saturated rings. The van der Waals surface area contributed by atoms with Crippen molar-refractivity contribution in [3.63, 3.8) is 0 Å². The van der Waals surface area contributed by atoms with Crippen molar-refractivity contribution in [3.05, 3.63) is 53.2 Å². The van der Waals surface area contributed by atoms with Gasteiger partial charge in [-0.2, -0.15) is 0 Å². The predicted octanol–water partition coefficient (Wildman–Crippen LogP) is 4.08. The number of carbonyl (C=O) groups excluding carboxylic acids is 1. The van der Waals surface area contributed by atoms with Crippen LogP contribution in [-0.2, 0) is 11.3 Å². The van der Waals surface area contributed by atoms with Gasteiger partial charge in [0.05, 0.1) is 24.8 Å². The number of nitrogens with zero attached hydrogens (tertiary/aromatic N) is 1. The number of hydrogen-bond donors (Lipinski definition) is 2. The molecule has 2 aromatic carbocycles. The molecular formula is C20H20ClN3O3. The highest BCUT2D eigenvalue weighted by atomic mass is 35.5. The minimum atomic E-state index is -0.108. The highest BCUT2D eigenvalue weighted by Gasteiger charge is 2.16. The number of morpholine rings is 1. The van der Waals surface area contributed by atoms with Gasteiger partial charge in [-0.1, -0.05) is 23.7 Å². The van der Waals surface area contributed by atoms with E-state index in [1.807, 2.05) is 42.5 Å². The molecule has 0 spiro atoms. The van der Waals surface area contributed by atoms with Gasteiger partial charge in [0, 0.05) is 24.2 Å². The summed E-state index contributed by atoms with van der Waals surface area (Å²) in [6.45, 7) is 2.71. The van der Waals surface area contributed by atoms with E-state index in [2.05, 4.69) is 5.32 Å². The van der Waals surface area contributed by atoms with Crippen molar-refractivity contribution in [2.75, 3.05) is 31.6 Å². The number of nitrogens with one attached hydrogen (secondary N) is 1. The average molecular weight is 386 g/mol. The highest BCUT2D eigenvalue weighted by Crippen LogP contribution is 2.33. The van der Waals surface area contributed by atoms with E-state index < -0.39 is 0 Å². The fourth-order valence-corrected chi connectivity index (χ4v) is 3.41. The molecule has 2 heterocycles. The number of benzene rings is 2. The first kappa shape index (κ1) is 17.9. The Morgan fingerprint density at radius 3 is 2.56 bits per heavy atom. The lowest BCUT2D eigenvalue weighted by atomic mass is 10.0. The molecule has 2 amide bonds. The molecule has 1 aliphatic rings. The number of anilines is 1. The van der Waals surface area contributed by atoms with Gasteiger partial charge in [-0.15, -0.1) is 0 Å². The van der Waals surface area contributed by atoms with Gasteiger partial charge in [0.1, 0.15) is 5.76 Å². The van der Waals surface area contributed by atoms with Crippen LogP contribution in [0.5, 0.6) is 0 Å². The summed E-state index contributed by atoms with van der Waals surface area (Å²) in [7, 11) is 0. The summed E-state index contributed by atoms with van der Waals surface area (Å²) < 4.78 is 10.9. The molecule has 3 aromatic rings. The predicted molar refractivity (Wildman–Crippen MR) is 106 cm³/mol. The number of carbonyl (C=O) groups is 1. The minimum absolute atomic E-state index is 0.108. The molecule has 1 aliphatic heterocycles. The van der Waals surface area contributed by atoms with Gasteiger partial charge in [-0.05, 0) is 41.5 Å². The van der Waals surface area contributed by atoms with Gasteiger partial charge >= 0.3 is 6.03 Å². The summed E-state index contributed by atoms with van der Waals surface area (Å²) >= 11 is 6.36. The summed E-state index contributed by atoms with van der Waals surface area (Å²) in [5.74, 6) is 0.699. The van der Waals surface area contributed by atoms with E-state index >= 15 is 0 Å². The van der Waals surface area contributed by atoms with Gasteiger partial charge in [-0.25, -0.2) is 4.79 Å². The number of halogens is 1. The Bertz CT molecular complexity index is 963. The van der Waals surface area contributed by atoms with Crippen LogP contribution < -0.4 is 11.1 Å². The molecule has 6 nitrogen and oxygen atoms in total. The van der Waals surface area contributed by atoms with E-state index in [9.17, 15) is 4.79 Å². The Kier molecular flexibility index (Phi) is 5.03. The summed E-state index contributed by atoms with van der Waals surface area (Å²) in [6, 6.07) is 13.4. The monoisotopic (exact) mass is 385 g/mol. The van der Waals surface area contributed by atoms with Crippen LogP contribution in [0.15, 0.2) is 46.9 Å². The van der Waals surface area contributed by atoms with Crippen LogP contribution in [0.4, 0.5) is 10.5 Å². The van der Waals surface area contributed by atoms with Crippen LogP contribution in [0.2, 0.25) is 5.02 Å². The van der Waals surface area contributed by atoms with Gasteiger partial charge in [0.25, 0.3) is 0 Å². The SMILES string of the molecule is NCc1cc2cc(-c3ccc(NC(=O)N4CCOCC4)cc3)cc(Cl)c2o1. The largest absolute Gasteiger partial charge is 0.458 e. The van der Waals surface area contributed by atoms with E-state index in [-0.39, 0.29) is 6.03 Å². The van der Waals surface area contributed by atoms with Gasteiger partial charge in [0.15, 0.2) is 5.58 Å². The summed E-state index contributed by atoms with van der Waals surface area (Å²) in [6.07, 6.45) is 0. The summed E-state index contributed by atoms with van der Waals surface area (Å²) in [5.41, 5.74) is 9.01. The summed E-state index contributed by atoms with van der Waals surface area (Å²) in [4.78, 5) is 14.0. The molecule has 27 heavy (non-hydrogen) atoms. The third-order valence-corrected chi connectivity index (χ3v) is 4.87. The van der Waals surface area contributed by atoms with E-state index in [0.717, 1.165) is 22.2 Å². The van der Waals surface area contributed by atoms with Crippen LogP contribution in [0.1, 0.15) is 5.76 Å². The number of nitrogens with two attached hydrogens (primary N) is 1. The lowest BCUT2D eigenvalue weighted by molar-refractivity contribution is 0.0564. The van der Waals surface area contributed by atoms with Crippen molar-refractivity contribution < 1.29 is 13.9 Å². The molecule has 0 atom stereocenters. The van der Waals surface area contributed by atoms with Crippen LogP contribution in [-0.4, -0.2) is 37.2 Å². The Hall–Kier alpha value is -2.54. The molecule has 140 valence electrons. The number of fused-ring (bicyclic) bond motifs is 1. The van der Waals surface area contributed by atoms with Gasteiger partial charge in [0.2, 0.25) is 0 Å². The zero-order chi connectivity index (χ0) is 18.8. The van der Waals surface area contributed by atoms with Crippen LogP contribution in [0, 0.1) is 0 Å². The molecule has 0 unspecified atom stereocenters. The fourth-order valence-electron chi connectivity index (χ4n) is 3.15. The molecule has 0 radical (unpaired) electrons. The third-order valence-electron chi connectivity index (χ3n) is 4.59. The van der Waals surface area contributed by atoms with Gasteiger partial charge in [-0.3, -0.25) is 0 Å². The van der Waals surface area contributed by atoms with Crippen LogP contribution in [0.25, 0.3) is 22.1 Å². The molecule has 7 heteroatoms. The van der Waals surface area contributed by atoms with Crippen molar-refractivity contribution in [1.82, 2.24) is 4.90 Å². The lowest BCUT2D eigenvalue weighted by Gasteiger charge is -2.26. The number of hydrogen-bond acceptors (Lipinski definition) is 4. The average Bonchev–Trinajstić information content (AvgIpc) is 3.13. The van der Waals surface area contributed by atoms with Crippen molar-refractivity contribution in [2.24, 2.45) is 5.73 Å². The van der Waals surface area contributed by atoms with E-state index in [1.54, 1.807) is 4.90 Å². The second-order valence-corrected chi connectivity index (χ2v) is 6.81. The normalized spacial score (nSPS) is 14.5. The Morgan fingerprint density at radius 1 is 1.11 bits per heavy atom. The number of ether oxygens (including phenoxy) is 1. The highest BCUT2D eigenvalue weighted by molar-refractivity contribution is 6.35. The zero-order valence-corrected chi connectivity index (χ0v) is 15.5. The smallest absolute Gasteiger partial charge is 0.321 e. The zero-order valence-electron chi connectivity index (χ0n) is 14.7. The van der Waals surface area contributed by atoms with Crippen molar-refractivity contribution in [1.29, 1.82) is 0 Å². The first-order valence-corrected chi connectivity index (χ1v) is 9.18. The molecule has 0 aliphatic carbocycles. The maximum atomic E-state index is 12.3. The molecule has 3 N–H and O–H groups in total. The Labute approximate surface area is 161 Å². The summed E-state index contributed by atoms with van der Waals surface area (Å²) in [5, 5.41) is 4.39. The van der Waals surface area contributed by atoms with E-state index in [1.165, 1.54) is 0 Å². The quantitative estimate of drug-likeness (QED) is 0.712. The number of amides is 2. The maximum Gasteiger partial charge on any atom is 0.321 e. The van der Waals surface area contributed by atoms with Crippen molar-refractivity contribution >= 4 is 34.3 Å². The van der Waals surface area contributed by atoms with Crippen molar-refractivity contribution in [2.45, 2.75) is 6.54 Å². The van der Waals surface area contributed by atoms with Crippen molar-refractivity contribution in [3.8, 4) is 11.1 Å². The first-order chi connectivity index (χ1) is 13.1. The molecule has 0 bridgehead atoms. The lowest BCUT2D eigenvalue weighted by Crippen LogP contribution is -2.43. The van der Waals surface area contributed by atoms with Crippen LogP contribution in [0.3, 0.4) is 0 Å². The maximum absolute atomic E-state index is 12.3. The number of rotatable bonds is 3. The Balaban J connectivity index is 1.53. The first-order valence-electron chi connectivity index (χ1n) is 8.80. The van der Waals surface area contributed by atoms with Crippen LogP contribution >= 0.6 is 11.6 Å². The molecule has 1 aromatic heterocycles. The second-order valence-electron chi connectivity index (χ2n) is 6.40.